The maximum Gasteiger partial charge on any atom is 2.00 e. The van der Waals surface area contributed by atoms with Crippen molar-refractivity contribution in [2.45, 2.75) is 13.1 Å². The number of rotatable bonds is 12. The van der Waals surface area contributed by atoms with Crippen molar-refractivity contribution < 1.29 is 153 Å². The molecule has 1 aromatic rings. The molecule has 0 radical (unpaired) electrons. The summed E-state index contributed by atoms with van der Waals surface area (Å²) in [4.78, 5) is 44.5. The maximum absolute atomic E-state index is 10.7. The second-order valence-corrected chi connectivity index (χ2v) is 5.86. The molecule has 0 heterocycles. The van der Waals surface area contributed by atoms with Crippen molar-refractivity contribution >= 4 is 46.9 Å². The molecule has 0 fully saturated rings. The SMILES string of the molecule is O=C([O-])CN(CC(=O)[O-])Cc1ccc(CN(CC(=O)[O-])CC(=O)[O-])c(O)c1O.[K+].[K+].[Mg+2]. The number of aliphatic carboxylic acids is 4. The van der Waals surface area contributed by atoms with Crippen LogP contribution in [0.2, 0.25) is 0 Å². The van der Waals surface area contributed by atoms with E-state index in [4.69, 9.17) is 0 Å². The molecule has 31 heavy (non-hydrogen) atoms. The molecule has 12 nitrogen and oxygen atoms in total. The summed E-state index contributed by atoms with van der Waals surface area (Å²) in [5, 5.41) is 63.0. The Hall–Kier alpha value is 0.659. The Morgan fingerprint density at radius 2 is 0.871 bits per heavy atom. The predicted octanol–water partition coefficient (Wildman–Crippen LogP) is -12.7. The van der Waals surface area contributed by atoms with Gasteiger partial charge in [0.25, 0.3) is 0 Å². The molecule has 0 saturated heterocycles. The molecule has 0 unspecified atom stereocenters. The zero-order valence-corrected chi connectivity index (χ0v) is 24.8. The number of phenolic OH excluding ortho intramolecular Hbond substituents is 2. The Morgan fingerprint density at radius 3 is 1.06 bits per heavy atom. The molecule has 0 spiro atoms. The Labute approximate surface area is 278 Å². The molecule has 2 N–H and O–H groups in total. The normalized spacial score (nSPS) is 9.87. The monoisotopic (exact) mass is 498 g/mol. The van der Waals surface area contributed by atoms with E-state index in [2.05, 4.69) is 0 Å². The zero-order valence-electron chi connectivity index (χ0n) is 17.2. The van der Waals surface area contributed by atoms with Crippen LogP contribution in [0.25, 0.3) is 0 Å². The number of nitrogens with zero attached hydrogens (tertiary/aromatic N) is 2. The summed E-state index contributed by atoms with van der Waals surface area (Å²) in [7, 11) is 0. The van der Waals surface area contributed by atoms with Crippen molar-refractivity contribution in [3.8, 4) is 11.5 Å². The fourth-order valence-electron chi connectivity index (χ4n) is 2.47. The summed E-state index contributed by atoms with van der Waals surface area (Å²) in [5.41, 5.74) is -0.0646. The van der Waals surface area contributed by atoms with Crippen LogP contribution in [0.1, 0.15) is 11.1 Å². The Balaban J connectivity index is -0.00000261. The van der Waals surface area contributed by atoms with Crippen molar-refractivity contribution in [2.24, 2.45) is 0 Å². The molecule has 1 rings (SSSR count). The summed E-state index contributed by atoms with van der Waals surface area (Å²) >= 11 is 0. The van der Waals surface area contributed by atoms with Crippen molar-refractivity contribution in [3.63, 3.8) is 0 Å². The molecule has 154 valence electrons. The minimum atomic E-state index is -1.57. The predicted molar refractivity (Wildman–Crippen MR) is 86.1 cm³/mol. The third-order valence-electron chi connectivity index (χ3n) is 3.52. The van der Waals surface area contributed by atoms with E-state index >= 15 is 0 Å². The number of carbonyl (C=O) groups excluding carboxylic acids is 4. The fraction of sp³-hybridized carbons (Fsp3) is 0.375. The van der Waals surface area contributed by atoms with Crippen LogP contribution in [-0.2, 0) is 32.3 Å². The van der Waals surface area contributed by atoms with Gasteiger partial charge in [-0.1, -0.05) is 12.1 Å². The second kappa shape index (κ2) is 18.0. The van der Waals surface area contributed by atoms with E-state index in [0.717, 1.165) is 9.80 Å². The summed E-state index contributed by atoms with van der Waals surface area (Å²) in [5.74, 6) is -7.69. The Bertz CT molecular complexity index is 686. The first kappa shape index (κ1) is 36.2. The Kier molecular flexibility index (Phi) is 21.1. The molecule has 0 saturated carbocycles. The van der Waals surface area contributed by atoms with Crippen molar-refractivity contribution in [1.29, 1.82) is 0 Å². The van der Waals surface area contributed by atoms with Gasteiger partial charge < -0.3 is 49.8 Å². The van der Waals surface area contributed by atoms with E-state index < -0.39 is 61.6 Å². The van der Waals surface area contributed by atoms with Gasteiger partial charge in [0.15, 0.2) is 11.5 Å². The molecular weight excluding hydrogens is 483 g/mol. The maximum atomic E-state index is 10.7. The summed E-state index contributed by atoms with van der Waals surface area (Å²) in [6.45, 7) is -3.88. The number of carboxylic acids is 4. The van der Waals surface area contributed by atoms with Gasteiger partial charge in [0.2, 0.25) is 0 Å². The van der Waals surface area contributed by atoms with E-state index in [9.17, 15) is 49.8 Å². The van der Waals surface area contributed by atoms with Gasteiger partial charge in [-0.25, -0.2) is 0 Å². The largest absolute Gasteiger partial charge is 2.00 e. The van der Waals surface area contributed by atoms with Gasteiger partial charge in [-0.05, 0) is 0 Å². The van der Waals surface area contributed by atoms with Crippen molar-refractivity contribution in [2.75, 3.05) is 26.2 Å². The average Bonchev–Trinajstić information content (AvgIpc) is 2.52. The summed E-state index contributed by atoms with van der Waals surface area (Å²) in [6, 6.07) is 2.47. The number of benzene rings is 1. The van der Waals surface area contributed by atoms with E-state index in [-0.39, 0.29) is 150 Å². The first-order valence-corrected chi connectivity index (χ1v) is 7.76. The van der Waals surface area contributed by atoms with Crippen molar-refractivity contribution in [1.82, 2.24) is 9.80 Å². The molecule has 0 bridgehead atoms. The van der Waals surface area contributed by atoms with Gasteiger partial charge in [0.1, 0.15) is 0 Å². The first-order valence-electron chi connectivity index (χ1n) is 7.76. The number of hydrogen-bond donors (Lipinski definition) is 2. The van der Waals surface area contributed by atoms with Gasteiger partial charge in [-0.15, -0.1) is 0 Å². The minimum Gasteiger partial charge on any atom is -0.549 e. The van der Waals surface area contributed by atoms with Crippen LogP contribution < -0.4 is 123 Å². The second-order valence-electron chi connectivity index (χ2n) is 5.86. The van der Waals surface area contributed by atoms with E-state index in [1.54, 1.807) is 0 Å². The molecule has 0 aliphatic carbocycles. The van der Waals surface area contributed by atoms with Crippen molar-refractivity contribution in [3.05, 3.63) is 23.3 Å². The summed E-state index contributed by atoms with van der Waals surface area (Å²) < 4.78 is 0. The third-order valence-corrected chi connectivity index (χ3v) is 3.52. The molecule has 0 aliphatic rings. The fourth-order valence-corrected chi connectivity index (χ4v) is 2.47. The van der Waals surface area contributed by atoms with E-state index in [0.29, 0.717) is 0 Å². The van der Waals surface area contributed by atoms with Gasteiger partial charge in [-0.2, -0.15) is 0 Å². The van der Waals surface area contributed by atoms with E-state index in [1.807, 2.05) is 0 Å². The quantitative estimate of drug-likeness (QED) is 0.203. The van der Waals surface area contributed by atoms with Gasteiger partial charge >= 0.3 is 126 Å². The minimum absolute atomic E-state index is 0. The standard InChI is InChI=1S/C16H20N2O10.2K.Mg/c19-11(20)5-17(6-12(21)22)3-9-1-2-10(16(28)15(9)27)4-18(7-13(23)24)8-14(25)26;;;/h1-2,27-28H,3-8H2,(H,19,20)(H,21,22)(H,23,24)(H,25,26);;;/q;2*+1;+2/p-4. The van der Waals surface area contributed by atoms with Crippen LogP contribution in [0.4, 0.5) is 0 Å². The molecule has 0 amide bonds. The van der Waals surface area contributed by atoms with Crippen LogP contribution in [0.15, 0.2) is 12.1 Å². The van der Waals surface area contributed by atoms with Crippen LogP contribution in [0.3, 0.4) is 0 Å². The number of aromatic hydroxyl groups is 2. The van der Waals surface area contributed by atoms with Crippen LogP contribution in [-0.4, -0.2) is 93.1 Å². The molecule has 0 aliphatic heterocycles. The zero-order chi connectivity index (χ0) is 21.4. The first-order chi connectivity index (χ1) is 13.0. The van der Waals surface area contributed by atoms with Crippen LogP contribution in [0.5, 0.6) is 11.5 Å². The smallest absolute Gasteiger partial charge is 0.549 e. The molecule has 1 aromatic carbocycles. The topological polar surface area (TPSA) is 207 Å². The van der Waals surface area contributed by atoms with Crippen LogP contribution >= 0.6 is 0 Å². The van der Waals surface area contributed by atoms with Gasteiger partial charge in [0.05, 0.1) is 23.9 Å². The number of hydrogen-bond acceptors (Lipinski definition) is 12. The third kappa shape index (κ3) is 14.5. The molecule has 0 atom stereocenters. The average molecular weight is 499 g/mol. The molecule has 15 heteroatoms. The Morgan fingerprint density at radius 1 is 0.645 bits per heavy atom. The number of phenols is 2. The summed E-state index contributed by atoms with van der Waals surface area (Å²) in [6.07, 6.45) is 0. The number of carboxylic acid groups (broad SMARTS) is 4. The van der Waals surface area contributed by atoms with Gasteiger partial charge in [0, 0.05) is 50.4 Å². The molecular formula is C16H16K2MgN2O10. The number of carbonyl (C=O) groups is 4. The van der Waals surface area contributed by atoms with Crippen LogP contribution in [0, 0.1) is 0 Å². The molecule has 0 aromatic heterocycles. The van der Waals surface area contributed by atoms with E-state index in [1.165, 1.54) is 12.1 Å². The van der Waals surface area contributed by atoms with Gasteiger partial charge in [-0.3, -0.25) is 9.80 Å².